The van der Waals surface area contributed by atoms with Crippen LogP contribution in [-0.2, 0) is 49.3 Å². The number of hydrogen-bond acceptors (Lipinski definition) is 13. The summed E-state index contributed by atoms with van der Waals surface area (Å²) in [5.74, 6) is -4.70. The monoisotopic (exact) mass is 1070 g/mol. The summed E-state index contributed by atoms with van der Waals surface area (Å²) in [7, 11) is 0. The van der Waals surface area contributed by atoms with Gasteiger partial charge in [0.25, 0.3) is 5.91 Å². The molecule has 0 saturated carbocycles. The van der Waals surface area contributed by atoms with E-state index in [0.717, 1.165) is 12.0 Å². The Balaban J connectivity index is 1.07. The summed E-state index contributed by atoms with van der Waals surface area (Å²) < 4.78 is 26.0. The molecule has 0 aliphatic carbocycles. The fourth-order valence-corrected chi connectivity index (χ4v) is 12.4. The van der Waals surface area contributed by atoms with Crippen molar-refractivity contribution in [3.8, 4) is 5.75 Å². The van der Waals surface area contributed by atoms with Gasteiger partial charge in [-0.05, 0) is 93.9 Å². The molecule has 7 rings (SSSR count). The minimum absolute atomic E-state index is 0.00505. The standard InChI is InChI=1S/C60H89N5O12/c1-11-42-30-37(6)60(63-54(42)69)40(9)52(68)38(7)50(76-60)33-47(67)35(4)20-14-12-15-21-36(5)48-25-16-13-17-26-49-39(8)53-44(27-28-59(10,75-49)77-53)55(70)62-51(34(2)3)56(71)61-46(32-41-22-18-23-43(66)31-41)57(72)65-29-19-24-45(64-65)58(73)74-48/h12-13,15-18,21-23,26,31,34-35,37-40,42,44-53,64,66-68H,11,14,19-20,24-25,27-30,32-33H2,1-10H3,(H,61,71)(H,62,70)(H,63,69)/b15-12+,16-13+,26-17-,36-21+/t35-,37-,38-,39-,40-,42-,44+,45-,46-,47-,48-,49-,50-,51-,52-,53+,59+,60+/m0/s1. The number of cyclic esters (lactones) is 1. The largest absolute Gasteiger partial charge is 0.508 e. The Bertz CT molecular complexity index is 2370. The zero-order valence-corrected chi connectivity index (χ0v) is 47.1. The van der Waals surface area contributed by atoms with Gasteiger partial charge < -0.3 is 50.2 Å². The number of rotatable bonds is 12. The lowest BCUT2D eigenvalue weighted by molar-refractivity contribution is -0.344. The van der Waals surface area contributed by atoms with Gasteiger partial charge in [0.2, 0.25) is 17.7 Å². The highest BCUT2D eigenvalue weighted by Gasteiger charge is 2.57. The number of aliphatic hydroxyl groups excluding tert-OH is 2. The first-order valence-electron chi connectivity index (χ1n) is 28.6. The summed E-state index contributed by atoms with van der Waals surface area (Å²) >= 11 is 0. The van der Waals surface area contributed by atoms with Gasteiger partial charge in [0.15, 0.2) is 5.79 Å². The van der Waals surface area contributed by atoms with Crippen molar-refractivity contribution in [1.29, 1.82) is 0 Å². The lowest BCUT2D eigenvalue weighted by atomic mass is 9.69. The zero-order chi connectivity index (χ0) is 55.9. The average Bonchev–Trinajstić information content (AvgIpc) is 3.40. The number of phenols is 1. The van der Waals surface area contributed by atoms with E-state index in [0.29, 0.717) is 63.4 Å². The normalized spacial score (nSPS) is 38.5. The van der Waals surface area contributed by atoms with Crippen molar-refractivity contribution in [1.82, 2.24) is 26.4 Å². The van der Waals surface area contributed by atoms with Crippen molar-refractivity contribution >= 4 is 29.6 Å². The Morgan fingerprint density at radius 2 is 1.73 bits per heavy atom. The van der Waals surface area contributed by atoms with Crippen molar-refractivity contribution in [2.75, 3.05) is 6.54 Å². The molecule has 1 aromatic rings. The Morgan fingerprint density at radius 3 is 2.45 bits per heavy atom. The molecule has 0 radical (unpaired) electrons. The number of aromatic hydroxyl groups is 1. The first-order valence-corrected chi connectivity index (χ1v) is 28.6. The molecule has 0 aromatic heterocycles. The van der Waals surface area contributed by atoms with Crippen LogP contribution in [0.25, 0.3) is 0 Å². The number of benzene rings is 1. The summed E-state index contributed by atoms with van der Waals surface area (Å²) in [6, 6.07) is 3.48. The van der Waals surface area contributed by atoms with Gasteiger partial charge in [0.05, 0.1) is 36.4 Å². The number of phenolic OH excluding ortho intramolecular Hbond substituents is 1. The van der Waals surface area contributed by atoms with E-state index in [2.05, 4.69) is 28.3 Å². The fourth-order valence-electron chi connectivity index (χ4n) is 12.4. The van der Waals surface area contributed by atoms with Crippen molar-refractivity contribution in [2.45, 2.75) is 206 Å². The maximum Gasteiger partial charge on any atom is 0.325 e. The maximum absolute atomic E-state index is 14.6. The molecule has 18 atom stereocenters. The summed E-state index contributed by atoms with van der Waals surface area (Å²) in [5.41, 5.74) is 3.50. The predicted molar refractivity (Wildman–Crippen MR) is 291 cm³/mol. The molecule has 5 bridgehead atoms. The number of piperidine rings is 1. The number of carbonyl (C=O) groups is 5. The van der Waals surface area contributed by atoms with Crippen molar-refractivity contribution in [3.63, 3.8) is 0 Å². The molecule has 77 heavy (non-hydrogen) atoms. The van der Waals surface area contributed by atoms with Gasteiger partial charge in [0, 0.05) is 61.8 Å². The minimum Gasteiger partial charge on any atom is -0.508 e. The second-order valence-electron chi connectivity index (χ2n) is 23.8. The number of allylic oxidation sites excluding steroid dienone is 5. The number of fused-ring (bicyclic) bond motifs is 4. The lowest BCUT2D eigenvalue weighted by Gasteiger charge is -2.56. The van der Waals surface area contributed by atoms with Crippen LogP contribution < -0.4 is 21.4 Å². The van der Waals surface area contributed by atoms with Crippen molar-refractivity contribution < 1.29 is 58.2 Å². The summed E-state index contributed by atoms with van der Waals surface area (Å²) in [6.07, 6.45) is 15.4. The number of carbonyl (C=O) groups excluding carboxylic acids is 5. The molecule has 5 saturated heterocycles. The molecule has 4 amide bonds. The van der Waals surface area contributed by atoms with E-state index < -0.39 is 83.9 Å². The Labute approximate surface area is 456 Å². The Morgan fingerprint density at radius 1 is 0.961 bits per heavy atom. The molecule has 5 fully saturated rings. The number of hydrazine groups is 1. The fraction of sp³-hybridized carbons (Fsp3) is 0.683. The number of nitrogens with one attached hydrogen (secondary N) is 4. The highest BCUT2D eigenvalue weighted by atomic mass is 16.7. The van der Waals surface area contributed by atoms with Crippen LogP contribution >= 0.6 is 0 Å². The predicted octanol–water partition coefficient (Wildman–Crippen LogP) is 6.61. The third kappa shape index (κ3) is 14.1. The molecule has 1 aromatic carbocycles. The number of esters is 1. The quantitative estimate of drug-likeness (QED) is 0.0864. The molecule has 7 N–H and O–H groups in total. The van der Waals surface area contributed by atoms with Crippen molar-refractivity contribution in [3.05, 3.63) is 77.9 Å². The van der Waals surface area contributed by atoms with Crippen LogP contribution in [0.3, 0.4) is 0 Å². The Kier molecular flexibility index (Phi) is 20.1. The molecule has 426 valence electrons. The van der Waals surface area contributed by atoms with Gasteiger partial charge in [-0.15, -0.1) is 0 Å². The second-order valence-corrected chi connectivity index (χ2v) is 23.8. The van der Waals surface area contributed by atoms with E-state index in [1.165, 1.54) is 17.1 Å². The van der Waals surface area contributed by atoms with Crippen LogP contribution in [0.2, 0.25) is 0 Å². The van der Waals surface area contributed by atoms with Crippen LogP contribution in [0.5, 0.6) is 5.75 Å². The molecule has 6 heterocycles. The van der Waals surface area contributed by atoms with Gasteiger partial charge in [-0.2, -0.15) is 0 Å². The molecule has 1 spiro atoms. The van der Waals surface area contributed by atoms with Crippen LogP contribution in [-0.4, -0.2) is 123 Å². The number of aliphatic hydroxyl groups is 2. The average molecular weight is 1070 g/mol. The van der Waals surface area contributed by atoms with Crippen molar-refractivity contribution in [2.24, 2.45) is 47.3 Å². The van der Waals surface area contributed by atoms with Crippen LogP contribution in [0.15, 0.2) is 72.4 Å². The topological polar surface area (TPSA) is 234 Å². The van der Waals surface area contributed by atoms with Gasteiger partial charge >= 0.3 is 5.97 Å². The first-order chi connectivity index (χ1) is 36.5. The number of nitrogens with zero attached hydrogens (tertiary/aromatic N) is 1. The number of ether oxygens (including phenoxy) is 4. The molecule has 17 heteroatoms. The summed E-state index contributed by atoms with van der Waals surface area (Å²) in [6.45, 7) is 19.7. The van der Waals surface area contributed by atoms with E-state index in [1.807, 2.05) is 105 Å². The molecular formula is C60H89N5O12. The van der Waals surface area contributed by atoms with E-state index in [-0.39, 0.29) is 78.1 Å². The third-order valence-electron chi connectivity index (χ3n) is 17.7. The number of amides is 4. The van der Waals surface area contributed by atoms with Gasteiger partial charge in [0.1, 0.15) is 35.7 Å². The third-order valence-corrected chi connectivity index (χ3v) is 17.7. The summed E-state index contributed by atoms with van der Waals surface area (Å²) in [4.78, 5) is 70.4. The van der Waals surface area contributed by atoms with E-state index in [9.17, 15) is 39.3 Å². The Hall–Kier alpha value is -4.91. The van der Waals surface area contributed by atoms with Crippen LogP contribution in [0.4, 0.5) is 0 Å². The highest BCUT2D eigenvalue weighted by molar-refractivity contribution is 5.93. The van der Waals surface area contributed by atoms with Gasteiger partial charge in [-0.3, -0.25) is 29.0 Å². The van der Waals surface area contributed by atoms with Crippen LogP contribution in [0.1, 0.15) is 139 Å². The number of hydrogen-bond donors (Lipinski definition) is 7. The lowest BCUT2D eigenvalue weighted by Crippen LogP contribution is -2.71. The molecule has 17 nitrogen and oxygen atoms in total. The minimum atomic E-state index is -1.13. The van der Waals surface area contributed by atoms with E-state index >= 15 is 0 Å². The van der Waals surface area contributed by atoms with Crippen LogP contribution in [0, 0.1) is 47.3 Å². The first kappa shape index (κ1) is 59.7. The second kappa shape index (κ2) is 25.9. The highest BCUT2D eigenvalue weighted by Crippen LogP contribution is 2.47. The smallest absolute Gasteiger partial charge is 0.325 e. The molecular weight excluding hydrogens is 983 g/mol. The SMILES string of the molecule is CC[C@H]1C[C@H](C)[C@@]2(NC1=O)O[C@@H](C[C@H](O)[C@@H](C)CC/C=C/C=C(\C)[C@@H]1C/C=C/C=C\[C@@H]3O[C@@]4(C)CC[C@@H](C(=O)N[C@@H](C(C)C)C(=O)N[C@@H](Cc5cccc(O)c5)C(=O)N5CCC[C@H](N5)C(=O)O1)[C@H](O4)[C@H]3C)[C@H](C)[C@H](O)[C@@H]2C. The maximum atomic E-state index is 14.6. The molecule has 6 aliphatic rings. The molecule has 0 unspecified atom stereocenters. The zero-order valence-electron chi connectivity index (χ0n) is 47.1. The van der Waals surface area contributed by atoms with Gasteiger partial charge in [-0.25, -0.2) is 5.43 Å². The van der Waals surface area contributed by atoms with E-state index in [4.69, 9.17) is 18.9 Å². The molecule has 6 aliphatic heterocycles. The van der Waals surface area contributed by atoms with E-state index in [1.54, 1.807) is 12.1 Å². The van der Waals surface area contributed by atoms with Gasteiger partial charge in [-0.1, -0.05) is 110 Å². The summed E-state index contributed by atoms with van der Waals surface area (Å²) in [5, 5.41) is 43.7.